The maximum Gasteiger partial charge on any atom is 0.0719 e. The van der Waals surface area contributed by atoms with Crippen LogP contribution < -0.4 is 0 Å². The number of benzene rings is 1. The van der Waals surface area contributed by atoms with Crippen LogP contribution in [0.15, 0.2) is 30.5 Å². The molecule has 0 fully saturated rings. The van der Waals surface area contributed by atoms with Crippen molar-refractivity contribution in [3.63, 3.8) is 0 Å². The number of hydrogen-bond acceptors (Lipinski definition) is 1. The summed E-state index contributed by atoms with van der Waals surface area (Å²) in [4.78, 5) is 4.33. The number of pyridine rings is 1. The number of aromatic nitrogens is 1. The van der Waals surface area contributed by atoms with E-state index in [1.807, 2.05) is 18.3 Å². The van der Waals surface area contributed by atoms with E-state index in [2.05, 4.69) is 31.0 Å². The number of nitrogens with zero attached hydrogens (tertiary/aromatic N) is 1. The molecule has 1 heterocycles. The van der Waals surface area contributed by atoms with Gasteiger partial charge in [-0.1, -0.05) is 31.5 Å². The molecule has 0 bridgehead atoms. The minimum absolute atomic E-state index is 0.659. The Labute approximate surface area is 95.1 Å². The molecule has 1 aromatic heterocycles. The summed E-state index contributed by atoms with van der Waals surface area (Å²) in [6, 6.07) is 7.99. The Balaban J connectivity index is 2.56. The van der Waals surface area contributed by atoms with E-state index < -0.39 is 0 Å². The van der Waals surface area contributed by atoms with Crippen molar-refractivity contribution in [3.8, 4) is 0 Å². The Hall–Kier alpha value is -1.08. The van der Waals surface area contributed by atoms with Gasteiger partial charge < -0.3 is 0 Å². The fraction of sp³-hybridized carbons (Fsp3) is 0.308. The lowest BCUT2D eigenvalue weighted by atomic mass is 10.00. The van der Waals surface area contributed by atoms with Gasteiger partial charge >= 0.3 is 0 Å². The number of hydrogen-bond donors (Lipinski definition) is 0. The molecule has 78 valence electrons. The minimum atomic E-state index is 0.659. The SMILES string of the molecule is CC(C)Cc1ccnc2cc(Cl)ccc12. The van der Waals surface area contributed by atoms with Crippen molar-refractivity contribution in [2.45, 2.75) is 20.3 Å². The van der Waals surface area contributed by atoms with Crippen LogP contribution in [0.25, 0.3) is 10.9 Å². The van der Waals surface area contributed by atoms with Gasteiger partial charge in [0, 0.05) is 16.6 Å². The van der Waals surface area contributed by atoms with Crippen LogP contribution in [0.1, 0.15) is 19.4 Å². The number of rotatable bonds is 2. The van der Waals surface area contributed by atoms with E-state index in [0.29, 0.717) is 5.92 Å². The van der Waals surface area contributed by atoms with E-state index in [0.717, 1.165) is 17.0 Å². The van der Waals surface area contributed by atoms with Crippen molar-refractivity contribution in [1.82, 2.24) is 4.98 Å². The molecule has 0 aliphatic carbocycles. The van der Waals surface area contributed by atoms with E-state index in [9.17, 15) is 0 Å². The van der Waals surface area contributed by atoms with Gasteiger partial charge in [0.1, 0.15) is 0 Å². The van der Waals surface area contributed by atoms with E-state index in [1.54, 1.807) is 0 Å². The molecule has 2 heteroatoms. The van der Waals surface area contributed by atoms with Gasteiger partial charge in [-0.3, -0.25) is 4.98 Å². The zero-order valence-corrected chi connectivity index (χ0v) is 9.75. The van der Waals surface area contributed by atoms with Gasteiger partial charge in [0.15, 0.2) is 0 Å². The first kappa shape index (κ1) is 10.4. The molecule has 0 unspecified atom stereocenters. The molecule has 0 aliphatic heterocycles. The number of halogens is 1. The first-order chi connectivity index (χ1) is 7.16. The van der Waals surface area contributed by atoms with Crippen LogP contribution in [-0.4, -0.2) is 4.98 Å². The highest BCUT2D eigenvalue weighted by Crippen LogP contribution is 2.22. The van der Waals surface area contributed by atoms with Crippen LogP contribution in [0.3, 0.4) is 0 Å². The normalized spacial score (nSPS) is 11.2. The van der Waals surface area contributed by atoms with Crippen LogP contribution in [0.4, 0.5) is 0 Å². The van der Waals surface area contributed by atoms with Gasteiger partial charge in [0.05, 0.1) is 5.52 Å². The molecule has 0 spiro atoms. The summed E-state index contributed by atoms with van der Waals surface area (Å²) in [5.41, 5.74) is 2.34. The molecule has 0 N–H and O–H groups in total. The van der Waals surface area contributed by atoms with Crippen molar-refractivity contribution < 1.29 is 0 Å². The third-order valence-electron chi connectivity index (χ3n) is 2.42. The van der Waals surface area contributed by atoms with Gasteiger partial charge in [-0.05, 0) is 36.1 Å². The van der Waals surface area contributed by atoms with Crippen molar-refractivity contribution in [1.29, 1.82) is 0 Å². The first-order valence-electron chi connectivity index (χ1n) is 5.20. The quantitative estimate of drug-likeness (QED) is 0.742. The molecule has 0 radical (unpaired) electrons. The van der Waals surface area contributed by atoms with Crippen LogP contribution in [0, 0.1) is 5.92 Å². The van der Waals surface area contributed by atoms with Crippen molar-refractivity contribution in [2.75, 3.05) is 0 Å². The molecule has 0 atom stereocenters. The van der Waals surface area contributed by atoms with Gasteiger partial charge in [-0.25, -0.2) is 0 Å². The first-order valence-corrected chi connectivity index (χ1v) is 5.58. The predicted molar refractivity (Wildman–Crippen MR) is 65.3 cm³/mol. The summed E-state index contributed by atoms with van der Waals surface area (Å²) in [6.07, 6.45) is 2.94. The highest BCUT2D eigenvalue weighted by Gasteiger charge is 2.04. The third kappa shape index (κ3) is 2.29. The van der Waals surface area contributed by atoms with Crippen LogP contribution in [0.5, 0.6) is 0 Å². The molecule has 0 saturated heterocycles. The van der Waals surface area contributed by atoms with E-state index >= 15 is 0 Å². The fourth-order valence-corrected chi connectivity index (χ4v) is 1.96. The van der Waals surface area contributed by atoms with Crippen molar-refractivity contribution >= 4 is 22.5 Å². The second-order valence-electron chi connectivity index (χ2n) is 4.23. The Morgan fingerprint density at radius 3 is 2.80 bits per heavy atom. The Morgan fingerprint density at radius 2 is 2.07 bits per heavy atom. The van der Waals surface area contributed by atoms with Crippen LogP contribution >= 0.6 is 11.6 Å². The summed E-state index contributed by atoms with van der Waals surface area (Å²) in [7, 11) is 0. The molecule has 1 nitrogen and oxygen atoms in total. The van der Waals surface area contributed by atoms with Crippen LogP contribution in [-0.2, 0) is 6.42 Å². The summed E-state index contributed by atoms with van der Waals surface area (Å²) in [6.45, 7) is 4.45. The summed E-state index contributed by atoms with van der Waals surface area (Å²) in [5, 5.41) is 1.97. The topological polar surface area (TPSA) is 12.9 Å². The lowest BCUT2D eigenvalue weighted by Crippen LogP contribution is -1.95. The second kappa shape index (κ2) is 4.19. The summed E-state index contributed by atoms with van der Waals surface area (Å²) in [5.74, 6) is 0.659. The average Bonchev–Trinajstić information content (AvgIpc) is 2.16. The maximum atomic E-state index is 5.94. The molecule has 2 rings (SSSR count). The summed E-state index contributed by atoms with van der Waals surface area (Å²) >= 11 is 5.94. The van der Waals surface area contributed by atoms with Crippen molar-refractivity contribution in [2.24, 2.45) is 5.92 Å². The van der Waals surface area contributed by atoms with Crippen molar-refractivity contribution in [3.05, 3.63) is 41.0 Å². The standard InChI is InChI=1S/C13H14ClN/c1-9(2)7-10-5-6-15-13-8-11(14)3-4-12(10)13/h3-6,8-9H,7H2,1-2H3. The molecular weight excluding hydrogens is 206 g/mol. The van der Waals surface area contributed by atoms with Gasteiger partial charge in [-0.15, -0.1) is 0 Å². The average molecular weight is 220 g/mol. The molecule has 0 aliphatic rings. The highest BCUT2D eigenvalue weighted by atomic mass is 35.5. The Morgan fingerprint density at radius 1 is 1.27 bits per heavy atom. The summed E-state index contributed by atoms with van der Waals surface area (Å²) < 4.78 is 0. The van der Waals surface area contributed by atoms with Gasteiger partial charge in [0.2, 0.25) is 0 Å². The van der Waals surface area contributed by atoms with E-state index in [1.165, 1.54) is 10.9 Å². The largest absolute Gasteiger partial charge is 0.256 e. The van der Waals surface area contributed by atoms with E-state index in [4.69, 9.17) is 11.6 Å². The monoisotopic (exact) mass is 219 g/mol. The van der Waals surface area contributed by atoms with Gasteiger partial charge in [-0.2, -0.15) is 0 Å². The Kier molecular flexibility index (Phi) is 2.92. The lowest BCUT2D eigenvalue weighted by Gasteiger charge is -2.08. The molecule has 15 heavy (non-hydrogen) atoms. The molecular formula is C13H14ClN. The molecule has 0 saturated carbocycles. The molecule has 0 amide bonds. The van der Waals surface area contributed by atoms with Gasteiger partial charge in [0.25, 0.3) is 0 Å². The minimum Gasteiger partial charge on any atom is -0.256 e. The third-order valence-corrected chi connectivity index (χ3v) is 2.66. The zero-order valence-electron chi connectivity index (χ0n) is 9.00. The number of fused-ring (bicyclic) bond motifs is 1. The predicted octanol–water partition coefficient (Wildman–Crippen LogP) is 4.09. The van der Waals surface area contributed by atoms with Crippen LogP contribution in [0.2, 0.25) is 5.02 Å². The Bertz CT molecular complexity index is 477. The van der Waals surface area contributed by atoms with E-state index in [-0.39, 0.29) is 0 Å². The molecule has 1 aromatic carbocycles. The lowest BCUT2D eigenvalue weighted by molar-refractivity contribution is 0.650. The fourth-order valence-electron chi connectivity index (χ4n) is 1.80. The molecule has 2 aromatic rings. The zero-order chi connectivity index (χ0) is 10.8. The second-order valence-corrected chi connectivity index (χ2v) is 4.67. The smallest absolute Gasteiger partial charge is 0.0719 e. The maximum absolute atomic E-state index is 5.94. The highest BCUT2D eigenvalue weighted by molar-refractivity contribution is 6.31.